The molecule has 0 aliphatic heterocycles. The van der Waals surface area contributed by atoms with Crippen LogP contribution in [0.15, 0.2) is 47.4 Å². The molecule has 2 aromatic rings. The van der Waals surface area contributed by atoms with Crippen LogP contribution in [0.1, 0.15) is 10.4 Å². The molecule has 0 radical (unpaired) electrons. The second-order valence-electron chi connectivity index (χ2n) is 4.54. The van der Waals surface area contributed by atoms with Crippen LogP contribution in [0, 0.1) is 0 Å². The molecule has 122 valence electrons. The van der Waals surface area contributed by atoms with E-state index in [0.717, 1.165) is 0 Å². The number of hydrogen-bond donors (Lipinski definition) is 2. The van der Waals surface area contributed by atoms with E-state index in [1.54, 1.807) is 18.2 Å². The molecule has 0 spiro atoms. The highest BCUT2D eigenvalue weighted by molar-refractivity contribution is 7.89. The standard InChI is InChI=1S/C15H15ClN2O4S/c1-17-23(20,21)12-5-3-4-10(8-12)15(19)18-11-6-7-14(22-2)13(16)9-11/h3-9,17H,1-2H3,(H,18,19). The molecular weight excluding hydrogens is 340 g/mol. The van der Waals surface area contributed by atoms with Gasteiger partial charge >= 0.3 is 0 Å². The molecule has 0 heterocycles. The number of amides is 1. The van der Waals surface area contributed by atoms with Crippen molar-refractivity contribution in [1.29, 1.82) is 0 Å². The first-order valence-electron chi connectivity index (χ1n) is 6.56. The first-order chi connectivity index (χ1) is 10.9. The number of ether oxygens (including phenoxy) is 1. The van der Waals surface area contributed by atoms with Crippen LogP contribution in [-0.4, -0.2) is 28.5 Å². The third kappa shape index (κ3) is 4.01. The van der Waals surface area contributed by atoms with Gasteiger partial charge in [0.15, 0.2) is 0 Å². The number of carbonyl (C=O) groups is 1. The molecular formula is C15H15ClN2O4S. The number of hydrogen-bond acceptors (Lipinski definition) is 4. The van der Waals surface area contributed by atoms with Crippen molar-refractivity contribution in [1.82, 2.24) is 4.72 Å². The van der Waals surface area contributed by atoms with Gasteiger partial charge < -0.3 is 10.1 Å². The lowest BCUT2D eigenvalue weighted by molar-refractivity contribution is 0.102. The van der Waals surface area contributed by atoms with Gasteiger partial charge in [0, 0.05) is 11.3 Å². The van der Waals surface area contributed by atoms with E-state index in [9.17, 15) is 13.2 Å². The molecule has 6 nitrogen and oxygen atoms in total. The second-order valence-corrected chi connectivity index (χ2v) is 6.83. The van der Waals surface area contributed by atoms with E-state index in [4.69, 9.17) is 16.3 Å². The smallest absolute Gasteiger partial charge is 0.255 e. The number of anilines is 1. The number of nitrogens with one attached hydrogen (secondary N) is 2. The molecule has 0 bridgehead atoms. The molecule has 8 heteroatoms. The van der Waals surface area contributed by atoms with Crippen LogP contribution >= 0.6 is 11.6 Å². The summed E-state index contributed by atoms with van der Waals surface area (Å²) >= 11 is 6.00. The van der Waals surface area contributed by atoms with Gasteiger partial charge in [0.25, 0.3) is 5.91 Å². The molecule has 2 rings (SSSR count). The Kier molecular flexibility index (Phi) is 5.25. The normalized spacial score (nSPS) is 11.1. The minimum absolute atomic E-state index is 0.0143. The first kappa shape index (κ1) is 17.3. The summed E-state index contributed by atoms with van der Waals surface area (Å²) in [6.45, 7) is 0. The molecule has 0 atom stereocenters. The van der Waals surface area contributed by atoms with Crippen molar-refractivity contribution in [3.63, 3.8) is 0 Å². The highest BCUT2D eigenvalue weighted by Gasteiger charge is 2.14. The average molecular weight is 355 g/mol. The Morgan fingerprint density at radius 3 is 2.52 bits per heavy atom. The van der Waals surface area contributed by atoms with Crippen molar-refractivity contribution >= 4 is 33.2 Å². The fourth-order valence-corrected chi connectivity index (χ4v) is 2.90. The van der Waals surface area contributed by atoms with Gasteiger partial charge in [0.1, 0.15) is 5.75 Å². The quantitative estimate of drug-likeness (QED) is 0.864. The first-order valence-corrected chi connectivity index (χ1v) is 8.42. The number of methoxy groups -OCH3 is 1. The number of benzene rings is 2. The van der Waals surface area contributed by atoms with Gasteiger partial charge in [0.05, 0.1) is 17.0 Å². The molecule has 0 unspecified atom stereocenters. The van der Waals surface area contributed by atoms with Gasteiger partial charge in [-0.25, -0.2) is 13.1 Å². The molecule has 0 saturated carbocycles. The molecule has 0 aliphatic carbocycles. The van der Waals surface area contributed by atoms with E-state index < -0.39 is 15.9 Å². The Hall–Kier alpha value is -2.09. The van der Waals surface area contributed by atoms with E-state index >= 15 is 0 Å². The highest BCUT2D eigenvalue weighted by atomic mass is 35.5. The van der Waals surface area contributed by atoms with Crippen LogP contribution < -0.4 is 14.8 Å². The average Bonchev–Trinajstić information content (AvgIpc) is 2.55. The minimum Gasteiger partial charge on any atom is -0.495 e. The Balaban J connectivity index is 2.25. The van der Waals surface area contributed by atoms with E-state index in [0.29, 0.717) is 16.5 Å². The van der Waals surface area contributed by atoms with Crippen LogP contribution in [0.5, 0.6) is 5.75 Å². The van der Waals surface area contributed by atoms with Crippen molar-refractivity contribution in [2.45, 2.75) is 4.90 Å². The number of carbonyl (C=O) groups excluding carboxylic acids is 1. The minimum atomic E-state index is -3.61. The lowest BCUT2D eigenvalue weighted by Gasteiger charge is -2.09. The van der Waals surface area contributed by atoms with Gasteiger partial charge in [-0.3, -0.25) is 4.79 Å². The molecule has 2 aromatic carbocycles. The summed E-state index contributed by atoms with van der Waals surface area (Å²) in [5, 5.41) is 3.01. The monoisotopic (exact) mass is 354 g/mol. The van der Waals surface area contributed by atoms with Crippen LogP contribution in [0.2, 0.25) is 5.02 Å². The Morgan fingerprint density at radius 1 is 1.17 bits per heavy atom. The zero-order valence-corrected chi connectivity index (χ0v) is 14.0. The maximum atomic E-state index is 12.2. The van der Waals surface area contributed by atoms with Gasteiger partial charge in [-0.1, -0.05) is 17.7 Å². The third-order valence-corrected chi connectivity index (χ3v) is 4.79. The molecule has 2 N–H and O–H groups in total. The van der Waals surface area contributed by atoms with Crippen molar-refractivity contribution in [2.75, 3.05) is 19.5 Å². The fourth-order valence-electron chi connectivity index (χ4n) is 1.87. The van der Waals surface area contributed by atoms with E-state index in [1.165, 1.54) is 38.4 Å². The van der Waals surface area contributed by atoms with E-state index in [1.807, 2.05) is 0 Å². The van der Waals surface area contributed by atoms with Gasteiger partial charge in [-0.05, 0) is 43.4 Å². The van der Waals surface area contributed by atoms with Crippen LogP contribution in [0.4, 0.5) is 5.69 Å². The Bertz CT molecular complexity index is 837. The number of sulfonamides is 1. The van der Waals surface area contributed by atoms with Gasteiger partial charge in [-0.15, -0.1) is 0 Å². The predicted octanol–water partition coefficient (Wildman–Crippen LogP) is 2.51. The van der Waals surface area contributed by atoms with Crippen molar-refractivity contribution in [2.24, 2.45) is 0 Å². The van der Waals surface area contributed by atoms with Crippen LogP contribution in [-0.2, 0) is 10.0 Å². The van der Waals surface area contributed by atoms with Crippen molar-refractivity contribution < 1.29 is 17.9 Å². The Morgan fingerprint density at radius 2 is 1.91 bits per heavy atom. The zero-order chi connectivity index (χ0) is 17.0. The largest absolute Gasteiger partial charge is 0.495 e. The van der Waals surface area contributed by atoms with Gasteiger partial charge in [0.2, 0.25) is 10.0 Å². The van der Waals surface area contributed by atoms with Crippen molar-refractivity contribution in [3.8, 4) is 5.75 Å². The maximum absolute atomic E-state index is 12.2. The van der Waals surface area contributed by atoms with Gasteiger partial charge in [-0.2, -0.15) is 0 Å². The molecule has 0 saturated heterocycles. The summed E-state index contributed by atoms with van der Waals surface area (Å²) in [6, 6.07) is 10.5. The lowest BCUT2D eigenvalue weighted by atomic mass is 10.2. The van der Waals surface area contributed by atoms with E-state index in [2.05, 4.69) is 10.0 Å². The fraction of sp³-hybridized carbons (Fsp3) is 0.133. The second kappa shape index (κ2) is 6.99. The summed E-state index contributed by atoms with van der Waals surface area (Å²) in [5.74, 6) is 0.0474. The summed E-state index contributed by atoms with van der Waals surface area (Å²) in [5.41, 5.74) is 0.691. The Labute approximate surface area is 139 Å². The summed E-state index contributed by atoms with van der Waals surface area (Å²) in [6.07, 6.45) is 0. The third-order valence-electron chi connectivity index (χ3n) is 3.08. The topological polar surface area (TPSA) is 84.5 Å². The molecule has 0 fully saturated rings. The van der Waals surface area contributed by atoms with Crippen molar-refractivity contribution in [3.05, 3.63) is 53.1 Å². The number of halogens is 1. The summed E-state index contributed by atoms with van der Waals surface area (Å²) in [7, 11) is -0.810. The number of rotatable bonds is 5. The van der Waals surface area contributed by atoms with Crippen LogP contribution in [0.25, 0.3) is 0 Å². The molecule has 0 aromatic heterocycles. The highest BCUT2D eigenvalue weighted by Crippen LogP contribution is 2.27. The SMILES string of the molecule is CNS(=O)(=O)c1cccc(C(=O)Nc2ccc(OC)c(Cl)c2)c1. The summed E-state index contributed by atoms with van der Waals surface area (Å²) < 4.78 is 30.8. The summed E-state index contributed by atoms with van der Waals surface area (Å²) in [4.78, 5) is 12.3. The maximum Gasteiger partial charge on any atom is 0.255 e. The molecule has 23 heavy (non-hydrogen) atoms. The molecule has 1 amide bonds. The lowest BCUT2D eigenvalue weighted by Crippen LogP contribution is -2.19. The zero-order valence-electron chi connectivity index (χ0n) is 12.5. The van der Waals surface area contributed by atoms with E-state index in [-0.39, 0.29) is 10.5 Å². The van der Waals surface area contributed by atoms with Crippen LogP contribution in [0.3, 0.4) is 0 Å². The molecule has 0 aliphatic rings. The predicted molar refractivity (Wildman–Crippen MR) is 88.6 cm³/mol.